The summed E-state index contributed by atoms with van der Waals surface area (Å²) < 4.78 is 0. The van der Waals surface area contributed by atoms with E-state index in [1.807, 2.05) is 24.3 Å². The number of hydrogen-bond donors (Lipinski definition) is 0. The van der Waals surface area contributed by atoms with Gasteiger partial charge in [-0.05, 0) is 30.3 Å². The molecule has 0 aliphatic carbocycles. The number of hydrogen-bond acceptors (Lipinski definition) is 7. The summed E-state index contributed by atoms with van der Waals surface area (Å²) in [4.78, 5) is 14.6. The van der Waals surface area contributed by atoms with Crippen molar-refractivity contribution in [1.29, 1.82) is 0 Å². The lowest BCUT2D eigenvalue weighted by Gasteiger charge is -2.37. The molecule has 0 N–H and O–H groups in total. The second-order valence-electron chi connectivity index (χ2n) is 6.18. The molecular formula is C17H19ClN8. The molecule has 1 aliphatic heterocycles. The third-order valence-corrected chi connectivity index (χ3v) is 4.81. The van der Waals surface area contributed by atoms with E-state index in [0.29, 0.717) is 10.8 Å². The summed E-state index contributed by atoms with van der Waals surface area (Å²) in [5.41, 5.74) is 0.802. The van der Waals surface area contributed by atoms with Crippen molar-refractivity contribution in [2.75, 3.05) is 31.1 Å². The van der Waals surface area contributed by atoms with Gasteiger partial charge in [0.15, 0.2) is 5.82 Å². The molecule has 4 rings (SSSR count). The molecule has 1 fully saturated rings. The first kappa shape index (κ1) is 16.9. The summed E-state index contributed by atoms with van der Waals surface area (Å²) >= 11 is 6.04. The first-order chi connectivity index (χ1) is 12.7. The number of nitrogens with zero attached hydrogens (tertiary/aromatic N) is 8. The molecule has 0 radical (unpaired) electrons. The fourth-order valence-electron chi connectivity index (χ4n) is 3.06. The van der Waals surface area contributed by atoms with Crippen LogP contribution in [0.4, 0.5) is 5.82 Å². The van der Waals surface area contributed by atoms with Gasteiger partial charge in [0.25, 0.3) is 0 Å². The zero-order chi connectivity index (χ0) is 17.9. The predicted octanol–water partition coefficient (Wildman–Crippen LogP) is 1.99. The number of anilines is 1. The minimum Gasteiger partial charge on any atom is -0.353 e. The number of rotatable bonds is 4. The van der Waals surface area contributed by atoms with Crippen LogP contribution in [0.3, 0.4) is 0 Å². The molecule has 1 saturated heterocycles. The highest BCUT2D eigenvalue weighted by Gasteiger charge is 2.25. The van der Waals surface area contributed by atoms with Crippen molar-refractivity contribution < 1.29 is 0 Å². The van der Waals surface area contributed by atoms with E-state index in [-0.39, 0.29) is 6.04 Å². The van der Waals surface area contributed by atoms with Gasteiger partial charge in [0, 0.05) is 43.6 Å². The molecular weight excluding hydrogens is 352 g/mol. The lowest BCUT2D eigenvalue weighted by atomic mass is 10.2. The molecule has 3 aromatic rings. The third-order valence-electron chi connectivity index (χ3n) is 4.58. The van der Waals surface area contributed by atoms with Crippen LogP contribution in [0.1, 0.15) is 18.8 Å². The smallest absolute Gasteiger partial charge is 0.192 e. The highest BCUT2D eigenvalue weighted by atomic mass is 35.5. The van der Waals surface area contributed by atoms with Gasteiger partial charge in [-0.2, -0.15) is 0 Å². The minimum atomic E-state index is 0.0898. The van der Waals surface area contributed by atoms with Gasteiger partial charge in [-0.3, -0.25) is 9.88 Å². The second kappa shape index (κ2) is 7.35. The van der Waals surface area contributed by atoms with E-state index in [9.17, 15) is 0 Å². The van der Waals surface area contributed by atoms with Crippen LogP contribution in [0.5, 0.6) is 0 Å². The van der Waals surface area contributed by atoms with E-state index in [2.05, 4.69) is 42.1 Å². The van der Waals surface area contributed by atoms with Crippen LogP contribution in [0.25, 0.3) is 5.69 Å². The highest BCUT2D eigenvalue weighted by molar-refractivity contribution is 6.30. The summed E-state index contributed by atoms with van der Waals surface area (Å²) in [5, 5.41) is 13.6. The molecule has 9 heteroatoms. The van der Waals surface area contributed by atoms with Crippen molar-refractivity contribution in [3.8, 4) is 5.69 Å². The van der Waals surface area contributed by atoms with Crippen molar-refractivity contribution in [1.82, 2.24) is 35.1 Å². The van der Waals surface area contributed by atoms with E-state index in [0.717, 1.165) is 37.7 Å². The quantitative estimate of drug-likeness (QED) is 0.695. The number of halogens is 1. The van der Waals surface area contributed by atoms with Gasteiger partial charge < -0.3 is 4.90 Å². The summed E-state index contributed by atoms with van der Waals surface area (Å²) in [5.74, 6) is 1.63. The lowest BCUT2D eigenvalue weighted by molar-refractivity contribution is 0.191. The van der Waals surface area contributed by atoms with Crippen LogP contribution >= 0.6 is 11.6 Å². The average molecular weight is 371 g/mol. The Kier molecular flexibility index (Phi) is 4.77. The number of tetrazole rings is 1. The lowest BCUT2D eigenvalue weighted by Crippen LogP contribution is -2.47. The first-order valence-corrected chi connectivity index (χ1v) is 8.89. The fraction of sp³-hybridized carbons (Fsp3) is 0.353. The molecule has 1 unspecified atom stereocenters. The normalized spacial score (nSPS) is 16.6. The molecule has 26 heavy (non-hydrogen) atoms. The Bertz CT molecular complexity index is 860. The highest BCUT2D eigenvalue weighted by Crippen LogP contribution is 2.21. The van der Waals surface area contributed by atoms with E-state index in [1.165, 1.54) is 4.80 Å². The summed E-state index contributed by atoms with van der Waals surface area (Å²) in [6.45, 7) is 5.71. The van der Waals surface area contributed by atoms with E-state index >= 15 is 0 Å². The largest absolute Gasteiger partial charge is 0.353 e. The van der Waals surface area contributed by atoms with E-state index in [4.69, 9.17) is 11.6 Å². The van der Waals surface area contributed by atoms with Gasteiger partial charge in [0.05, 0.1) is 17.9 Å². The molecule has 0 saturated carbocycles. The maximum atomic E-state index is 6.04. The van der Waals surface area contributed by atoms with Crippen LogP contribution in [-0.4, -0.2) is 61.3 Å². The Balaban J connectivity index is 1.42. The molecule has 2 aromatic heterocycles. The molecule has 0 bridgehead atoms. The maximum absolute atomic E-state index is 6.04. The van der Waals surface area contributed by atoms with Gasteiger partial charge >= 0.3 is 0 Å². The Labute approximate surface area is 156 Å². The van der Waals surface area contributed by atoms with Gasteiger partial charge in [0.2, 0.25) is 0 Å². The van der Waals surface area contributed by atoms with Crippen LogP contribution < -0.4 is 4.90 Å². The minimum absolute atomic E-state index is 0.0898. The van der Waals surface area contributed by atoms with Gasteiger partial charge in [-0.15, -0.1) is 15.0 Å². The summed E-state index contributed by atoms with van der Waals surface area (Å²) in [6.07, 6.45) is 5.22. The fourth-order valence-corrected chi connectivity index (χ4v) is 3.24. The van der Waals surface area contributed by atoms with Crippen molar-refractivity contribution in [2.45, 2.75) is 13.0 Å². The Hall–Kier alpha value is -2.58. The van der Waals surface area contributed by atoms with E-state index < -0.39 is 0 Å². The SMILES string of the molecule is CC(c1nnn(-c2cccc(Cl)c2)n1)N1CCN(c2cnccn2)CC1. The van der Waals surface area contributed by atoms with Crippen molar-refractivity contribution >= 4 is 17.4 Å². The molecule has 0 amide bonds. The van der Waals surface area contributed by atoms with Crippen molar-refractivity contribution in [3.05, 3.63) is 53.7 Å². The topological polar surface area (TPSA) is 75.9 Å². The van der Waals surface area contributed by atoms with Gasteiger partial charge in [0.1, 0.15) is 5.82 Å². The maximum Gasteiger partial charge on any atom is 0.192 e. The number of benzene rings is 1. The monoisotopic (exact) mass is 370 g/mol. The third kappa shape index (κ3) is 3.51. The molecule has 1 aromatic carbocycles. The Morgan fingerprint density at radius 3 is 2.69 bits per heavy atom. The summed E-state index contributed by atoms with van der Waals surface area (Å²) in [6, 6.07) is 7.50. The molecule has 3 heterocycles. The zero-order valence-electron chi connectivity index (χ0n) is 14.4. The second-order valence-corrected chi connectivity index (χ2v) is 6.62. The van der Waals surface area contributed by atoms with Crippen LogP contribution in [-0.2, 0) is 0 Å². The van der Waals surface area contributed by atoms with Crippen molar-refractivity contribution in [2.24, 2.45) is 0 Å². The molecule has 134 valence electrons. The standard InChI is InChI=1S/C17H19ClN8/c1-13(17-21-23-26(22-17)15-4-2-3-14(18)11-15)24-7-9-25(10-8-24)16-12-19-5-6-20-16/h2-6,11-13H,7-10H2,1H3. The van der Waals surface area contributed by atoms with Crippen molar-refractivity contribution in [3.63, 3.8) is 0 Å². The molecule has 8 nitrogen and oxygen atoms in total. The van der Waals surface area contributed by atoms with Gasteiger partial charge in [-0.25, -0.2) is 4.98 Å². The zero-order valence-corrected chi connectivity index (χ0v) is 15.2. The van der Waals surface area contributed by atoms with Crippen LogP contribution in [0.15, 0.2) is 42.9 Å². The molecule has 1 aliphatic rings. The van der Waals surface area contributed by atoms with Crippen LogP contribution in [0, 0.1) is 0 Å². The summed E-state index contributed by atoms with van der Waals surface area (Å²) in [7, 11) is 0. The first-order valence-electron chi connectivity index (χ1n) is 8.51. The Morgan fingerprint density at radius 2 is 1.96 bits per heavy atom. The van der Waals surface area contributed by atoms with Gasteiger partial charge in [-0.1, -0.05) is 17.7 Å². The Morgan fingerprint density at radius 1 is 1.12 bits per heavy atom. The predicted molar refractivity (Wildman–Crippen MR) is 98.4 cm³/mol. The number of piperazine rings is 1. The molecule has 0 spiro atoms. The van der Waals surface area contributed by atoms with E-state index in [1.54, 1.807) is 18.6 Å². The van der Waals surface area contributed by atoms with Crippen LogP contribution in [0.2, 0.25) is 5.02 Å². The average Bonchev–Trinajstić information content (AvgIpc) is 3.18. The number of aromatic nitrogens is 6. The molecule has 1 atom stereocenters.